The van der Waals surface area contributed by atoms with E-state index in [4.69, 9.17) is 22.3 Å². The number of hydrogen-bond acceptors (Lipinski definition) is 13. The summed E-state index contributed by atoms with van der Waals surface area (Å²) >= 11 is 0. The van der Waals surface area contributed by atoms with E-state index in [2.05, 4.69) is 35.3 Å². The maximum Gasteiger partial charge on any atom is 0.469 e. The molecule has 0 unspecified atom stereocenters. The minimum Gasteiger partial charge on any atom is -0.481 e. The first-order chi connectivity index (χ1) is 25.9. The molecule has 1 aliphatic heterocycles. The van der Waals surface area contributed by atoms with Crippen LogP contribution in [0.25, 0.3) is 0 Å². The number of likely N-dealkylation sites (tertiary alicyclic amines) is 1. The molecule has 320 valence electrons. The minimum absolute atomic E-state index is 0.0137. The molecule has 0 saturated carbocycles. The van der Waals surface area contributed by atoms with Crippen molar-refractivity contribution in [2.45, 2.75) is 95.0 Å². The first-order valence-corrected chi connectivity index (χ1v) is 20.1. The van der Waals surface area contributed by atoms with E-state index in [9.17, 15) is 67.4 Å². The lowest BCUT2D eigenvalue weighted by Crippen LogP contribution is -2.61. The third kappa shape index (κ3) is 18.6. The predicted octanol–water partition coefficient (Wildman–Crippen LogP) is -4.49. The summed E-state index contributed by atoms with van der Waals surface area (Å²) in [4.78, 5) is 131. The summed E-state index contributed by atoms with van der Waals surface area (Å²) < 4.78 is 31.9. The highest BCUT2D eigenvalue weighted by Gasteiger charge is 2.39. The zero-order valence-electron chi connectivity index (χ0n) is 30.5. The van der Waals surface area contributed by atoms with Gasteiger partial charge in [0.05, 0.1) is 19.3 Å². The Bertz CT molecular complexity index is 1540. The summed E-state index contributed by atoms with van der Waals surface area (Å²) in [5, 5.41) is 27.3. The molecule has 0 spiro atoms. The summed E-state index contributed by atoms with van der Waals surface area (Å²) in [7, 11) is -10.5. The largest absolute Gasteiger partial charge is 0.481 e. The Labute approximate surface area is 320 Å². The fourth-order valence-corrected chi connectivity index (χ4v) is 5.83. The lowest BCUT2D eigenvalue weighted by atomic mass is 9.97. The number of aliphatic carboxylic acids is 2. The second-order valence-electron chi connectivity index (χ2n) is 12.6. The van der Waals surface area contributed by atoms with Crippen molar-refractivity contribution in [2.75, 3.05) is 26.3 Å². The third-order valence-electron chi connectivity index (χ3n) is 8.26. The van der Waals surface area contributed by atoms with Crippen LogP contribution in [0, 0.1) is 5.92 Å². The van der Waals surface area contributed by atoms with Gasteiger partial charge in [0, 0.05) is 19.5 Å². The predicted molar refractivity (Wildman–Crippen MR) is 190 cm³/mol. The Hall–Kier alpha value is -4.26. The van der Waals surface area contributed by atoms with Crippen LogP contribution >= 0.6 is 15.6 Å². The molecule has 56 heavy (non-hydrogen) atoms. The number of carbonyl (C=O) groups excluding carboxylic acids is 5. The Kier molecular flexibility index (Phi) is 20.5. The number of carboxylic acids is 2. The van der Waals surface area contributed by atoms with E-state index in [-0.39, 0.29) is 51.2 Å². The van der Waals surface area contributed by atoms with E-state index in [0.29, 0.717) is 6.42 Å². The second-order valence-corrected chi connectivity index (χ2v) is 15.1. The van der Waals surface area contributed by atoms with Gasteiger partial charge in [-0.1, -0.05) is 20.3 Å². The van der Waals surface area contributed by atoms with Crippen LogP contribution < -0.4 is 38.5 Å². The third-order valence-corrected chi connectivity index (χ3v) is 9.23. The van der Waals surface area contributed by atoms with E-state index in [1.54, 1.807) is 6.92 Å². The van der Waals surface area contributed by atoms with E-state index in [0.717, 1.165) is 4.90 Å². The molecule has 0 aromatic heterocycles. The van der Waals surface area contributed by atoms with Crippen LogP contribution in [0.4, 0.5) is 0 Å². The average Bonchev–Trinajstić information content (AvgIpc) is 3.59. The number of phosphoric ester groups is 2. The number of rotatable bonds is 25. The zero-order valence-corrected chi connectivity index (χ0v) is 32.3. The monoisotopic (exact) mass is 847 g/mol. The number of phosphoric acid groups is 2. The topological polar surface area (TPSA) is 435 Å². The molecule has 0 aromatic carbocycles. The fourth-order valence-electron chi connectivity index (χ4n) is 5.15. The van der Waals surface area contributed by atoms with E-state index in [1.165, 1.54) is 6.92 Å². The van der Waals surface area contributed by atoms with E-state index < -0.39 is 119 Å². The summed E-state index contributed by atoms with van der Waals surface area (Å²) in [6.45, 7) is 0.722. The van der Waals surface area contributed by atoms with Crippen molar-refractivity contribution < 1.29 is 81.5 Å². The number of amides is 5. The van der Waals surface area contributed by atoms with Gasteiger partial charge in [-0.3, -0.25) is 42.8 Å². The van der Waals surface area contributed by atoms with Crippen LogP contribution in [0.5, 0.6) is 0 Å². The number of hydrogen-bond donors (Lipinski definition) is 13. The summed E-state index contributed by atoms with van der Waals surface area (Å²) in [5.74, 6) is -9.25. The maximum absolute atomic E-state index is 13.6. The number of guanidine groups is 1. The molecule has 7 atom stereocenters. The first-order valence-electron chi connectivity index (χ1n) is 17.0. The van der Waals surface area contributed by atoms with Gasteiger partial charge in [-0.25, -0.2) is 13.9 Å². The molecule has 0 aromatic rings. The summed E-state index contributed by atoms with van der Waals surface area (Å²) in [6.07, 6.45) is -0.321. The van der Waals surface area contributed by atoms with E-state index in [1.807, 2.05) is 0 Å². The SMILES string of the molecule is CC[C@H](C)[C@H](NC(=O)[C@H](COP(=O)(O)O)NC(=O)[C@@H]1CCCN1C(=O)[C@@H](N)CCC(=O)O)C(=O)N[C@@H](COP(=O)(O)O)C(=O)N[C@@H](CCCN=C(N)N)C(=O)O. The maximum atomic E-state index is 13.6. The lowest BCUT2D eigenvalue weighted by Gasteiger charge is -2.30. The molecule has 0 bridgehead atoms. The van der Waals surface area contributed by atoms with Crippen molar-refractivity contribution in [1.29, 1.82) is 0 Å². The number of nitrogens with two attached hydrogens (primary N) is 3. The molecule has 1 rings (SSSR count). The molecular formula is C28H51N9O17P2. The lowest BCUT2D eigenvalue weighted by molar-refractivity contribution is -0.143. The van der Waals surface area contributed by atoms with Gasteiger partial charge in [0.2, 0.25) is 29.5 Å². The van der Waals surface area contributed by atoms with Crippen LogP contribution in [0.3, 0.4) is 0 Å². The molecule has 0 radical (unpaired) electrons. The van der Waals surface area contributed by atoms with Crippen LogP contribution in [0.1, 0.15) is 58.8 Å². The second kappa shape index (κ2) is 23.1. The molecule has 0 aliphatic carbocycles. The van der Waals surface area contributed by atoms with Gasteiger partial charge in [0.15, 0.2) is 5.96 Å². The fraction of sp³-hybridized carbons (Fsp3) is 0.714. The van der Waals surface area contributed by atoms with Gasteiger partial charge in [-0.05, 0) is 38.0 Å². The van der Waals surface area contributed by atoms with Crippen LogP contribution in [0.15, 0.2) is 4.99 Å². The molecule has 1 heterocycles. The van der Waals surface area contributed by atoms with Gasteiger partial charge in [-0.2, -0.15) is 0 Å². The molecule has 16 N–H and O–H groups in total. The zero-order chi connectivity index (χ0) is 43.0. The molecule has 1 fully saturated rings. The van der Waals surface area contributed by atoms with Crippen LogP contribution in [-0.2, 0) is 51.7 Å². The highest BCUT2D eigenvalue weighted by Crippen LogP contribution is 2.36. The Morgan fingerprint density at radius 3 is 1.88 bits per heavy atom. The molecular weight excluding hydrogens is 796 g/mol. The van der Waals surface area contributed by atoms with Crippen molar-refractivity contribution in [3.63, 3.8) is 0 Å². The minimum atomic E-state index is -5.27. The van der Waals surface area contributed by atoms with Crippen molar-refractivity contribution >= 4 is 63.1 Å². The molecule has 28 heteroatoms. The quantitative estimate of drug-likeness (QED) is 0.0178. The van der Waals surface area contributed by atoms with Gasteiger partial charge < -0.3 is 73.2 Å². The van der Waals surface area contributed by atoms with Crippen molar-refractivity contribution in [2.24, 2.45) is 28.1 Å². The standard InChI is InChI=1S/C28H51N9O17P2/c1-3-14(2)21(25(43)35-17(12-53-55(47,48)49)22(40)33-16(27(45)46)6-4-10-32-28(30)31)36-23(41)18(13-54-56(50,51)52)34-24(42)19-7-5-11-37(19)26(44)15(29)8-9-20(38)39/h14-19,21H,3-13,29H2,1-2H3,(H,33,40)(H,34,42)(H,35,43)(H,36,41)(H,38,39)(H,45,46)(H4,30,31,32)(H2,47,48,49)(H2,50,51,52)/t14-,15-,16-,17-,18-,19-,21-/m0/s1. The molecule has 5 amide bonds. The summed E-state index contributed by atoms with van der Waals surface area (Å²) in [5.41, 5.74) is 16.3. The Morgan fingerprint density at radius 2 is 1.38 bits per heavy atom. The normalized spacial score (nSPS) is 17.6. The number of carboxylic acid groups (broad SMARTS) is 2. The van der Waals surface area contributed by atoms with Gasteiger partial charge in [0.25, 0.3) is 0 Å². The Morgan fingerprint density at radius 1 is 0.839 bits per heavy atom. The molecule has 26 nitrogen and oxygen atoms in total. The van der Waals surface area contributed by atoms with Gasteiger partial charge in [-0.15, -0.1) is 0 Å². The highest BCUT2D eigenvalue weighted by atomic mass is 31.2. The highest BCUT2D eigenvalue weighted by molar-refractivity contribution is 7.46. The van der Waals surface area contributed by atoms with Crippen LogP contribution in [0.2, 0.25) is 0 Å². The van der Waals surface area contributed by atoms with Gasteiger partial charge >= 0.3 is 27.6 Å². The van der Waals surface area contributed by atoms with Crippen LogP contribution in [-0.4, -0.2) is 145 Å². The number of nitrogens with one attached hydrogen (secondary N) is 4. The van der Waals surface area contributed by atoms with Crippen molar-refractivity contribution in [1.82, 2.24) is 26.2 Å². The number of carbonyl (C=O) groups is 7. The van der Waals surface area contributed by atoms with E-state index >= 15 is 0 Å². The van der Waals surface area contributed by atoms with Crippen molar-refractivity contribution in [3.05, 3.63) is 0 Å². The number of aliphatic imine (C=N–C) groups is 1. The Balaban J connectivity index is 3.32. The average molecular weight is 848 g/mol. The van der Waals surface area contributed by atoms with Crippen molar-refractivity contribution in [3.8, 4) is 0 Å². The first kappa shape index (κ1) is 49.8. The van der Waals surface area contributed by atoms with Gasteiger partial charge in [0.1, 0.15) is 30.2 Å². The number of nitrogens with zero attached hydrogens (tertiary/aromatic N) is 2. The smallest absolute Gasteiger partial charge is 0.469 e. The molecule has 1 saturated heterocycles. The molecule has 1 aliphatic rings. The summed E-state index contributed by atoms with van der Waals surface area (Å²) in [6, 6.07) is -9.65.